The Balaban J connectivity index is 0.000000217. The van der Waals surface area contributed by atoms with Crippen molar-refractivity contribution in [3.8, 4) is 0 Å². The Labute approximate surface area is 125 Å². The van der Waals surface area contributed by atoms with Gasteiger partial charge in [-0.3, -0.25) is 4.79 Å². The topological polar surface area (TPSA) is 78.9 Å². The second kappa shape index (κ2) is 6.41. The first-order chi connectivity index (χ1) is 10.2. The van der Waals surface area contributed by atoms with Gasteiger partial charge in [-0.25, -0.2) is 4.79 Å². The second-order valence-electron chi connectivity index (χ2n) is 5.77. The number of nitrogens with one attached hydrogen (secondary N) is 1. The van der Waals surface area contributed by atoms with Gasteiger partial charge in [0.1, 0.15) is 6.10 Å². The Morgan fingerprint density at radius 2 is 1.77 bits per heavy atom. The monoisotopic (exact) mass is 324 g/mol. The van der Waals surface area contributed by atoms with Gasteiger partial charge >= 0.3 is 12.1 Å². The summed E-state index contributed by atoms with van der Waals surface area (Å²) < 4.78 is 37.6. The molecular weight excluding hydrogens is 305 g/mol. The molecule has 1 atom stereocenters. The van der Waals surface area contributed by atoms with Crippen LogP contribution >= 0.6 is 0 Å². The van der Waals surface area contributed by atoms with Gasteiger partial charge in [0.15, 0.2) is 0 Å². The number of halogens is 3. The minimum absolute atomic E-state index is 0.0139. The maximum atomic E-state index is 12.1. The number of nitrogens with zero attached hydrogens (tertiary/aromatic N) is 1. The van der Waals surface area contributed by atoms with Crippen molar-refractivity contribution in [2.45, 2.75) is 43.6 Å². The summed E-state index contributed by atoms with van der Waals surface area (Å²) in [6.07, 6.45) is -0.956. The summed E-state index contributed by atoms with van der Waals surface area (Å²) in [5.74, 6) is -2.52. The molecule has 0 aromatic carbocycles. The number of hydrogen-bond donors (Lipinski definition) is 2. The molecule has 3 aliphatic rings. The van der Waals surface area contributed by atoms with Gasteiger partial charge in [-0.05, 0) is 25.7 Å². The lowest BCUT2D eigenvalue weighted by Crippen LogP contribution is -2.59. The van der Waals surface area contributed by atoms with E-state index in [1.165, 1.54) is 0 Å². The van der Waals surface area contributed by atoms with Crippen molar-refractivity contribution < 1.29 is 32.6 Å². The van der Waals surface area contributed by atoms with Crippen LogP contribution in [0.3, 0.4) is 0 Å². The molecule has 22 heavy (non-hydrogen) atoms. The molecule has 6 nitrogen and oxygen atoms in total. The van der Waals surface area contributed by atoms with Gasteiger partial charge in [0.05, 0.1) is 5.60 Å². The Hall–Kier alpha value is -1.35. The Morgan fingerprint density at radius 3 is 2.14 bits per heavy atom. The molecule has 9 heteroatoms. The molecule has 3 saturated heterocycles. The molecule has 0 aromatic rings. The number of rotatable bonds is 1. The van der Waals surface area contributed by atoms with Crippen LogP contribution < -0.4 is 5.32 Å². The first kappa shape index (κ1) is 17.0. The minimum Gasteiger partial charge on any atom is -0.475 e. The maximum Gasteiger partial charge on any atom is 0.490 e. The van der Waals surface area contributed by atoms with Crippen LogP contribution in [0.2, 0.25) is 0 Å². The first-order valence-electron chi connectivity index (χ1n) is 7.21. The third-order valence-corrected chi connectivity index (χ3v) is 4.08. The lowest BCUT2D eigenvalue weighted by molar-refractivity contribution is -0.192. The summed E-state index contributed by atoms with van der Waals surface area (Å²) in [4.78, 5) is 22.9. The number of carbonyl (C=O) groups excluding carboxylic acids is 1. The number of aliphatic carboxylic acids is 1. The molecule has 0 saturated carbocycles. The predicted octanol–water partition coefficient (Wildman–Crippen LogP) is 0.763. The van der Waals surface area contributed by atoms with Gasteiger partial charge in [-0.2, -0.15) is 13.2 Å². The lowest BCUT2D eigenvalue weighted by atomic mass is 9.93. The van der Waals surface area contributed by atoms with Gasteiger partial charge in [0, 0.05) is 26.2 Å². The largest absolute Gasteiger partial charge is 0.490 e. The van der Waals surface area contributed by atoms with E-state index in [1.807, 2.05) is 4.90 Å². The van der Waals surface area contributed by atoms with Crippen LogP contribution in [0.1, 0.15) is 25.7 Å². The summed E-state index contributed by atoms with van der Waals surface area (Å²) in [6.45, 7) is 3.72. The van der Waals surface area contributed by atoms with Crippen LogP contribution in [0.5, 0.6) is 0 Å². The zero-order valence-electron chi connectivity index (χ0n) is 12.0. The van der Waals surface area contributed by atoms with E-state index in [2.05, 4.69) is 5.32 Å². The fourth-order valence-corrected chi connectivity index (χ4v) is 2.79. The molecule has 1 amide bonds. The number of ether oxygens (including phenoxy) is 1. The van der Waals surface area contributed by atoms with E-state index >= 15 is 0 Å². The minimum atomic E-state index is -5.08. The second-order valence-corrected chi connectivity index (χ2v) is 5.77. The van der Waals surface area contributed by atoms with E-state index in [0.29, 0.717) is 0 Å². The van der Waals surface area contributed by atoms with Crippen LogP contribution in [0.4, 0.5) is 13.2 Å². The Bertz CT molecular complexity index is 431. The molecule has 3 heterocycles. The summed E-state index contributed by atoms with van der Waals surface area (Å²) in [7, 11) is 0. The third kappa shape index (κ3) is 3.89. The van der Waals surface area contributed by atoms with Crippen LogP contribution in [-0.2, 0) is 14.3 Å². The lowest BCUT2D eigenvalue weighted by Gasteiger charge is -2.38. The van der Waals surface area contributed by atoms with Crippen molar-refractivity contribution in [3.63, 3.8) is 0 Å². The van der Waals surface area contributed by atoms with Gasteiger partial charge in [0.2, 0.25) is 0 Å². The number of carboxylic acids is 1. The molecule has 0 aliphatic carbocycles. The van der Waals surface area contributed by atoms with E-state index < -0.39 is 12.1 Å². The van der Waals surface area contributed by atoms with Crippen LogP contribution in [0.25, 0.3) is 0 Å². The molecule has 1 spiro atoms. The average molecular weight is 324 g/mol. The molecular formula is C13H19F3N2O4. The van der Waals surface area contributed by atoms with Gasteiger partial charge in [-0.15, -0.1) is 0 Å². The van der Waals surface area contributed by atoms with Crippen LogP contribution in [0.15, 0.2) is 0 Å². The molecule has 3 rings (SSSR count). The smallest absolute Gasteiger partial charge is 0.475 e. The van der Waals surface area contributed by atoms with Crippen molar-refractivity contribution in [3.05, 3.63) is 0 Å². The van der Waals surface area contributed by atoms with E-state index in [9.17, 15) is 18.0 Å². The van der Waals surface area contributed by atoms with E-state index in [-0.39, 0.29) is 17.6 Å². The zero-order valence-corrected chi connectivity index (χ0v) is 12.0. The Morgan fingerprint density at radius 1 is 1.23 bits per heavy atom. The highest BCUT2D eigenvalue weighted by Gasteiger charge is 2.47. The summed E-state index contributed by atoms with van der Waals surface area (Å²) in [5, 5.41) is 10.3. The fraction of sp³-hybridized carbons (Fsp3) is 0.846. The number of hydrogen-bond acceptors (Lipinski definition) is 4. The van der Waals surface area contributed by atoms with E-state index in [4.69, 9.17) is 14.6 Å². The van der Waals surface area contributed by atoms with Crippen molar-refractivity contribution in [1.82, 2.24) is 10.2 Å². The number of likely N-dealkylation sites (tertiary alicyclic amines) is 1. The number of carbonyl (C=O) groups is 2. The highest BCUT2D eigenvalue weighted by molar-refractivity contribution is 5.81. The summed E-state index contributed by atoms with van der Waals surface area (Å²) >= 11 is 0. The van der Waals surface area contributed by atoms with Crippen LogP contribution in [-0.4, -0.2) is 65.9 Å². The normalized spacial score (nSPS) is 26.3. The van der Waals surface area contributed by atoms with E-state index in [0.717, 1.165) is 51.9 Å². The molecule has 2 N–H and O–H groups in total. The quantitative estimate of drug-likeness (QED) is 0.745. The average Bonchev–Trinajstić information content (AvgIpc) is 3.06. The van der Waals surface area contributed by atoms with Crippen molar-refractivity contribution in [1.29, 1.82) is 0 Å². The molecule has 3 aliphatic heterocycles. The van der Waals surface area contributed by atoms with Gasteiger partial charge in [-0.1, -0.05) is 0 Å². The predicted molar refractivity (Wildman–Crippen MR) is 69.2 cm³/mol. The SMILES string of the molecule is O=C(C1CCC2(CNC2)O1)N1CCCC1.O=C(O)C(F)(F)F. The molecule has 0 bridgehead atoms. The summed E-state index contributed by atoms with van der Waals surface area (Å²) in [6, 6.07) is 0. The van der Waals surface area contributed by atoms with Crippen molar-refractivity contribution in [2.24, 2.45) is 0 Å². The number of carboxylic acid groups (broad SMARTS) is 1. The summed E-state index contributed by atoms with van der Waals surface area (Å²) in [5.41, 5.74) is 0.0139. The highest BCUT2D eigenvalue weighted by atomic mass is 19.4. The molecule has 126 valence electrons. The van der Waals surface area contributed by atoms with Crippen molar-refractivity contribution in [2.75, 3.05) is 26.2 Å². The third-order valence-electron chi connectivity index (χ3n) is 4.08. The van der Waals surface area contributed by atoms with Gasteiger partial charge in [0.25, 0.3) is 5.91 Å². The molecule has 0 radical (unpaired) electrons. The molecule has 1 unspecified atom stereocenters. The Kier molecular flexibility index (Phi) is 4.96. The highest BCUT2D eigenvalue weighted by Crippen LogP contribution is 2.34. The first-order valence-corrected chi connectivity index (χ1v) is 7.21. The molecule has 3 fully saturated rings. The van der Waals surface area contributed by atoms with Crippen molar-refractivity contribution >= 4 is 11.9 Å². The zero-order chi connectivity index (χ0) is 16.4. The van der Waals surface area contributed by atoms with Gasteiger partial charge < -0.3 is 20.1 Å². The standard InChI is InChI=1S/C11H18N2O2.C2HF3O2/c14-10(13-5-1-2-6-13)9-3-4-11(15-9)7-12-8-11;3-2(4,5)1(6)7/h9,12H,1-8H2;(H,6,7). The fourth-order valence-electron chi connectivity index (χ4n) is 2.79. The number of amides is 1. The number of alkyl halides is 3. The van der Waals surface area contributed by atoms with Crippen LogP contribution in [0, 0.1) is 0 Å². The maximum absolute atomic E-state index is 12.1. The molecule has 0 aromatic heterocycles. The van der Waals surface area contributed by atoms with E-state index in [1.54, 1.807) is 0 Å².